The fraction of sp³-hybridized carbons (Fsp3) is 0.412. The number of nitrogens with zero attached hydrogens (tertiary/aromatic N) is 2. The number of aryl methyl sites for hydroxylation is 2. The van der Waals surface area contributed by atoms with Crippen LogP contribution in [0.3, 0.4) is 0 Å². The molecule has 0 aliphatic carbocycles. The maximum atomic E-state index is 12.2. The minimum atomic E-state index is 0.0220. The molecule has 4 nitrogen and oxygen atoms in total. The minimum Gasteiger partial charge on any atom is -0.353 e. The van der Waals surface area contributed by atoms with Gasteiger partial charge in [0.15, 0.2) is 0 Å². The molecule has 0 unspecified atom stereocenters. The maximum absolute atomic E-state index is 12.2. The molecule has 0 aliphatic heterocycles. The summed E-state index contributed by atoms with van der Waals surface area (Å²) in [7, 11) is 1.89. The predicted octanol–water partition coefficient (Wildman–Crippen LogP) is 2.98. The number of hydrogen-bond donors (Lipinski definition) is 1. The first-order valence-corrected chi connectivity index (χ1v) is 7.77. The smallest absolute Gasteiger partial charge is 0.224 e. The topological polar surface area (TPSA) is 46.9 Å². The lowest BCUT2D eigenvalue weighted by Gasteiger charge is -2.14. The predicted molar refractivity (Wildman–Crippen MR) is 89.1 cm³/mol. The van der Waals surface area contributed by atoms with Crippen molar-refractivity contribution in [1.29, 1.82) is 0 Å². The molecule has 0 saturated carbocycles. The molecule has 0 spiro atoms. The molecule has 1 aromatic heterocycles. The Morgan fingerprint density at radius 1 is 1.41 bits per heavy atom. The van der Waals surface area contributed by atoms with Crippen LogP contribution in [0.2, 0.25) is 5.02 Å². The summed E-state index contributed by atoms with van der Waals surface area (Å²) in [5, 5.41) is 8.10. The van der Waals surface area contributed by atoms with Gasteiger partial charge in [-0.3, -0.25) is 9.48 Å². The van der Waals surface area contributed by atoms with Crippen LogP contribution < -0.4 is 5.32 Å². The van der Waals surface area contributed by atoms with E-state index in [0.29, 0.717) is 6.42 Å². The van der Waals surface area contributed by atoms with Crippen molar-refractivity contribution in [1.82, 2.24) is 15.1 Å². The molecule has 0 radical (unpaired) electrons. The van der Waals surface area contributed by atoms with Crippen LogP contribution in [0.1, 0.15) is 29.4 Å². The summed E-state index contributed by atoms with van der Waals surface area (Å²) in [6, 6.07) is 7.78. The van der Waals surface area contributed by atoms with Gasteiger partial charge in [0.2, 0.25) is 5.91 Å². The minimum absolute atomic E-state index is 0.0220. The van der Waals surface area contributed by atoms with Crippen LogP contribution in [0.5, 0.6) is 0 Å². The first-order chi connectivity index (χ1) is 10.4. The Morgan fingerprint density at radius 2 is 2.14 bits per heavy atom. The average molecular weight is 320 g/mol. The number of rotatable bonds is 5. The fourth-order valence-corrected chi connectivity index (χ4v) is 2.84. The van der Waals surface area contributed by atoms with Gasteiger partial charge in [-0.25, -0.2) is 0 Å². The maximum Gasteiger partial charge on any atom is 0.224 e. The van der Waals surface area contributed by atoms with Crippen molar-refractivity contribution in [3.63, 3.8) is 0 Å². The quantitative estimate of drug-likeness (QED) is 0.921. The third-order valence-corrected chi connectivity index (χ3v) is 4.07. The normalized spacial score (nSPS) is 12.2. The molecule has 1 aromatic carbocycles. The van der Waals surface area contributed by atoms with Crippen molar-refractivity contribution < 1.29 is 4.79 Å². The molecule has 22 heavy (non-hydrogen) atoms. The number of carbonyl (C=O) groups is 1. The van der Waals surface area contributed by atoms with Crippen molar-refractivity contribution in [2.75, 3.05) is 0 Å². The van der Waals surface area contributed by atoms with Crippen molar-refractivity contribution in [2.24, 2.45) is 7.05 Å². The third kappa shape index (κ3) is 4.10. The first kappa shape index (κ1) is 16.6. The van der Waals surface area contributed by atoms with Crippen molar-refractivity contribution in [3.05, 3.63) is 51.8 Å². The second kappa shape index (κ2) is 6.97. The van der Waals surface area contributed by atoms with Crippen molar-refractivity contribution in [3.8, 4) is 0 Å². The molecule has 0 aliphatic rings. The lowest BCUT2D eigenvalue weighted by Crippen LogP contribution is -2.35. The van der Waals surface area contributed by atoms with Crippen molar-refractivity contribution >= 4 is 17.5 Å². The van der Waals surface area contributed by atoms with Crippen LogP contribution in [0.15, 0.2) is 24.3 Å². The molecule has 1 atom stereocenters. The van der Waals surface area contributed by atoms with E-state index < -0.39 is 0 Å². The zero-order chi connectivity index (χ0) is 16.3. The lowest BCUT2D eigenvalue weighted by atomic mass is 10.1. The Morgan fingerprint density at radius 3 is 2.73 bits per heavy atom. The molecule has 0 fully saturated rings. The molecule has 118 valence electrons. The van der Waals surface area contributed by atoms with Crippen LogP contribution in [0.4, 0.5) is 0 Å². The second-order valence-corrected chi connectivity index (χ2v) is 6.19. The zero-order valence-corrected chi connectivity index (χ0v) is 14.2. The molecule has 1 amide bonds. The van der Waals surface area contributed by atoms with Crippen LogP contribution in [0.25, 0.3) is 0 Å². The van der Waals surface area contributed by atoms with E-state index in [9.17, 15) is 4.79 Å². The number of carbonyl (C=O) groups excluding carboxylic acids is 1. The highest BCUT2D eigenvalue weighted by Crippen LogP contribution is 2.14. The first-order valence-electron chi connectivity index (χ1n) is 7.39. The SMILES string of the molecule is Cc1nn(C)c(C)c1CC(=O)N[C@H](C)Cc1cccc(Cl)c1. The largest absolute Gasteiger partial charge is 0.353 e. The Bertz CT molecular complexity index is 679. The zero-order valence-electron chi connectivity index (χ0n) is 13.5. The molecule has 0 bridgehead atoms. The van der Waals surface area contributed by atoms with E-state index in [1.54, 1.807) is 0 Å². The summed E-state index contributed by atoms with van der Waals surface area (Å²) in [5.74, 6) is 0.0220. The van der Waals surface area contributed by atoms with Crippen molar-refractivity contribution in [2.45, 2.75) is 39.7 Å². The highest BCUT2D eigenvalue weighted by atomic mass is 35.5. The highest BCUT2D eigenvalue weighted by Gasteiger charge is 2.15. The van der Waals surface area contributed by atoms with Gasteiger partial charge in [-0.15, -0.1) is 0 Å². The van der Waals surface area contributed by atoms with E-state index in [0.717, 1.165) is 34.0 Å². The van der Waals surface area contributed by atoms with E-state index in [2.05, 4.69) is 10.4 Å². The molecule has 2 rings (SSSR count). The van der Waals surface area contributed by atoms with Gasteiger partial charge in [-0.1, -0.05) is 23.7 Å². The number of benzene rings is 1. The van der Waals surface area contributed by atoms with Gasteiger partial charge in [0.25, 0.3) is 0 Å². The van der Waals surface area contributed by atoms with E-state index in [-0.39, 0.29) is 11.9 Å². The summed E-state index contributed by atoms with van der Waals surface area (Å²) in [6.45, 7) is 5.92. The summed E-state index contributed by atoms with van der Waals surface area (Å²) in [4.78, 5) is 12.2. The monoisotopic (exact) mass is 319 g/mol. The molecular formula is C17H22ClN3O. The number of amides is 1. The van der Waals surface area contributed by atoms with E-state index in [4.69, 9.17) is 11.6 Å². The van der Waals surface area contributed by atoms with Crippen LogP contribution in [0, 0.1) is 13.8 Å². The highest BCUT2D eigenvalue weighted by molar-refractivity contribution is 6.30. The Balaban J connectivity index is 1.94. The third-order valence-electron chi connectivity index (χ3n) is 3.83. The Hall–Kier alpha value is -1.81. The fourth-order valence-electron chi connectivity index (χ4n) is 2.63. The van der Waals surface area contributed by atoms with Gasteiger partial charge in [0.1, 0.15) is 0 Å². The number of hydrogen-bond acceptors (Lipinski definition) is 2. The molecule has 2 aromatic rings. The molecule has 0 saturated heterocycles. The van der Waals surface area contributed by atoms with Crippen LogP contribution in [-0.2, 0) is 24.7 Å². The van der Waals surface area contributed by atoms with Gasteiger partial charge in [0, 0.05) is 29.4 Å². The van der Waals surface area contributed by atoms with E-state index >= 15 is 0 Å². The van der Waals surface area contributed by atoms with Gasteiger partial charge in [-0.05, 0) is 44.9 Å². The Labute approximate surface area is 136 Å². The number of nitrogens with one attached hydrogen (secondary N) is 1. The average Bonchev–Trinajstić information content (AvgIpc) is 2.65. The lowest BCUT2D eigenvalue weighted by molar-refractivity contribution is -0.121. The van der Waals surface area contributed by atoms with Crippen LogP contribution >= 0.6 is 11.6 Å². The molecular weight excluding hydrogens is 298 g/mol. The second-order valence-electron chi connectivity index (χ2n) is 5.75. The summed E-state index contributed by atoms with van der Waals surface area (Å²) in [6.07, 6.45) is 1.13. The molecule has 5 heteroatoms. The summed E-state index contributed by atoms with van der Waals surface area (Å²) < 4.78 is 1.81. The summed E-state index contributed by atoms with van der Waals surface area (Å²) in [5.41, 5.74) is 4.08. The Kier molecular flexibility index (Phi) is 5.24. The molecule has 1 heterocycles. The standard InChI is InChI=1S/C17H22ClN3O/c1-11(8-14-6-5-7-15(18)9-14)19-17(22)10-16-12(2)20-21(4)13(16)3/h5-7,9,11H,8,10H2,1-4H3,(H,19,22)/t11-/m1/s1. The van der Waals surface area contributed by atoms with Gasteiger partial charge < -0.3 is 5.32 Å². The summed E-state index contributed by atoms with van der Waals surface area (Å²) >= 11 is 5.98. The van der Waals surface area contributed by atoms with Crippen LogP contribution in [-0.4, -0.2) is 21.7 Å². The number of halogens is 1. The van der Waals surface area contributed by atoms with Gasteiger partial charge >= 0.3 is 0 Å². The van der Waals surface area contributed by atoms with Gasteiger partial charge in [0.05, 0.1) is 12.1 Å². The van der Waals surface area contributed by atoms with E-state index in [1.807, 2.05) is 56.8 Å². The van der Waals surface area contributed by atoms with Gasteiger partial charge in [-0.2, -0.15) is 5.10 Å². The number of aromatic nitrogens is 2. The molecule has 1 N–H and O–H groups in total. The van der Waals surface area contributed by atoms with E-state index in [1.165, 1.54) is 0 Å².